The maximum atomic E-state index is 12.4. The van der Waals surface area contributed by atoms with Crippen molar-refractivity contribution < 1.29 is 23.8 Å². The third-order valence-corrected chi connectivity index (χ3v) is 4.43. The summed E-state index contributed by atoms with van der Waals surface area (Å²) in [6.07, 6.45) is 0. The van der Waals surface area contributed by atoms with Crippen molar-refractivity contribution in [3.63, 3.8) is 0 Å². The Bertz CT molecular complexity index is 1330. The van der Waals surface area contributed by atoms with Crippen molar-refractivity contribution in [2.45, 2.75) is 0 Å². The molecule has 1 amide bonds. The molecule has 1 N–H and O–H groups in total. The van der Waals surface area contributed by atoms with Gasteiger partial charge in [-0.25, -0.2) is 4.98 Å². The number of benzene rings is 3. The standard InChI is InChI=1S/C21H14N4O7/c26-20(12-31-15-8-5-13(6-9-15)24(27)28)22-17-4-2-1-3-16(17)21-23-18-10-7-14(25(29)30)11-19(18)32-21/h1-11H,12H2,(H,22,26). The zero-order valence-corrected chi connectivity index (χ0v) is 16.3. The second-order valence-corrected chi connectivity index (χ2v) is 6.56. The fourth-order valence-corrected chi connectivity index (χ4v) is 2.92. The Morgan fingerprint density at radius 1 is 0.969 bits per heavy atom. The number of oxazole rings is 1. The third-order valence-electron chi connectivity index (χ3n) is 4.43. The SMILES string of the molecule is O=C(COc1ccc([N+](=O)[O-])cc1)Nc1ccccc1-c1nc2ccc([N+](=O)[O-])cc2o1. The molecule has 0 aliphatic carbocycles. The summed E-state index contributed by atoms with van der Waals surface area (Å²) in [5, 5.41) is 24.4. The van der Waals surface area contributed by atoms with Crippen molar-refractivity contribution in [3.05, 3.63) is 87.0 Å². The first-order valence-electron chi connectivity index (χ1n) is 9.22. The van der Waals surface area contributed by atoms with Gasteiger partial charge in [-0.3, -0.25) is 25.0 Å². The smallest absolute Gasteiger partial charge is 0.273 e. The number of amides is 1. The number of fused-ring (bicyclic) bond motifs is 1. The lowest BCUT2D eigenvalue weighted by atomic mass is 10.1. The molecule has 160 valence electrons. The summed E-state index contributed by atoms with van der Waals surface area (Å²) in [4.78, 5) is 37.3. The summed E-state index contributed by atoms with van der Waals surface area (Å²) in [5.41, 5.74) is 1.37. The van der Waals surface area contributed by atoms with Gasteiger partial charge >= 0.3 is 0 Å². The molecular formula is C21H14N4O7. The van der Waals surface area contributed by atoms with Crippen molar-refractivity contribution in [1.29, 1.82) is 0 Å². The first-order valence-corrected chi connectivity index (χ1v) is 9.22. The number of carbonyl (C=O) groups excluding carboxylic acids is 1. The van der Waals surface area contributed by atoms with E-state index in [1.165, 1.54) is 42.5 Å². The van der Waals surface area contributed by atoms with Crippen LogP contribution in [-0.2, 0) is 4.79 Å². The molecule has 11 nitrogen and oxygen atoms in total. The molecule has 1 aromatic heterocycles. The molecule has 4 rings (SSSR count). The van der Waals surface area contributed by atoms with E-state index in [-0.39, 0.29) is 29.5 Å². The highest BCUT2D eigenvalue weighted by Gasteiger charge is 2.16. The molecule has 3 aromatic carbocycles. The first kappa shape index (κ1) is 20.5. The van der Waals surface area contributed by atoms with Gasteiger partial charge in [-0.1, -0.05) is 12.1 Å². The van der Waals surface area contributed by atoms with Crippen molar-refractivity contribution in [2.24, 2.45) is 0 Å². The van der Waals surface area contributed by atoms with E-state index in [2.05, 4.69) is 10.3 Å². The molecular weight excluding hydrogens is 420 g/mol. The predicted octanol–water partition coefficient (Wildman–Crippen LogP) is 4.33. The van der Waals surface area contributed by atoms with E-state index in [0.29, 0.717) is 22.5 Å². The van der Waals surface area contributed by atoms with E-state index in [1.54, 1.807) is 24.3 Å². The number of nitro groups is 2. The fourth-order valence-electron chi connectivity index (χ4n) is 2.92. The van der Waals surface area contributed by atoms with Gasteiger partial charge in [0.1, 0.15) is 11.3 Å². The molecule has 0 unspecified atom stereocenters. The molecule has 0 saturated carbocycles. The summed E-state index contributed by atoms with van der Waals surface area (Å²) in [7, 11) is 0. The van der Waals surface area contributed by atoms with Crippen LogP contribution in [-0.4, -0.2) is 27.3 Å². The molecule has 0 aliphatic heterocycles. The summed E-state index contributed by atoms with van der Waals surface area (Å²) < 4.78 is 11.0. The number of nitrogens with zero attached hydrogens (tertiary/aromatic N) is 3. The van der Waals surface area contributed by atoms with Crippen molar-refractivity contribution in [2.75, 3.05) is 11.9 Å². The minimum absolute atomic E-state index is 0.0839. The summed E-state index contributed by atoms with van der Waals surface area (Å²) in [6.45, 7) is -0.327. The number of aromatic nitrogens is 1. The largest absolute Gasteiger partial charge is 0.484 e. The quantitative estimate of drug-likeness (QED) is 0.333. The van der Waals surface area contributed by atoms with Gasteiger partial charge in [0.15, 0.2) is 12.2 Å². The number of nitrogens with one attached hydrogen (secondary N) is 1. The zero-order valence-electron chi connectivity index (χ0n) is 16.3. The molecule has 1 heterocycles. The number of nitro benzene ring substituents is 2. The van der Waals surface area contributed by atoms with Gasteiger partial charge in [0.05, 0.1) is 27.2 Å². The number of ether oxygens (including phenoxy) is 1. The Morgan fingerprint density at radius 2 is 1.66 bits per heavy atom. The van der Waals surface area contributed by atoms with Gasteiger partial charge in [-0.2, -0.15) is 0 Å². The fraction of sp³-hybridized carbons (Fsp3) is 0.0476. The molecule has 0 saturated heterocycles. The van der Waals surface area contributed by atoms with Crippen LogP contribution in [0.15, 0.2) is 71.1 Å². The number of non-ortho nitro benzene ring substituents is 2. The van der Waals surface area contributed by atoms with Crippen molar-refractivity contribution in [1.82, 2.24) is 4.98 Å². The van der Waals surface area contributed by atoms with Gasteiger partial charge in [0.2, 0.25) is 5.89 Å². The highest BCUT2D eigenvalue weighted by atomic mass is 16.6. The average molecular weight is 434 g/mol. The van der Waals surface area contributed by atoms with Crippen LogP contribution in [0.4, 0.5) is 17.1 Å². The van der Waals surface area contributed by atoms with Crippen LogP contribution < -0.4 is 10.1 Å². The lowest BCUT2D eigenvalue weighted by molar-refractivity contribution is -0.385. The van der Waals surface area contributed by atoms with Gasteiger partial charge < -0.3 is 14.5 Å². The average Bonchev–Trinajstić information content (AvgIpc) is 3.21. The minimum atomic E-state index is -0.530. The Morgan fingerprint density at radius 3 is 2.38 bits per heavy atom. The number of hydrogen-bond donors (Lipinski definition) is 1. The topological polar surface area (TPSA) is 151 Å². The van der Waals surface area contributed by atoms with Crippen LogP contribution in [0.25, 0.3) is 22.6 Å². The predicted molar refractivity (Wildman–Crippen MR) is 113 cm³/mol. The van der Waals surface area contributed by atoms with Crippen LogP contribution in [0.1, 0.15) is 0 Å². The monoisotopic (exact) mass is 434 g/mol. The van der Waals surface area contributed by atoms with E-state index in [9.17, 15) is 25.0 Å². The second-order valence-electron chi connectivity index (χ2n) is 6.56. The van der Waals surface area contributed by atoms with E-state index < -0.39 is 15.8 Å². The maximum absolute atomic E-state index is 12.4. The Labute approximate surface area is 179 Å². The molecule has 4 aromatic rings. The Balaban J connectivity index is 1.49. The number of para-hydroxylation sites is 1. The van der Waals surface area contributed by atoms with Crippen LogP contribution in [0.5, 0.6) is 5.75 Å². The van der Waals surface area contributed by atoms with Crippen molar-refractivity contribution >= 4 is 34.1 Å². The molecule has 0 fully saturated rings. The van der Waals surface area contributed by atoms with Gasteiger partial charge in [-0.15, -0.1) is 0 Å². The van der Waals surface area contributed by atoms with Gasteiger partial charge in [-0.05, 0) is 30.3 Å². The molecule has 0 spiro atoms. The summed E-state index contributed by atoms with van der Waals surface area (Å²) >= 11 is 0. The first-order chi connectivity index (χ1) is 15.4. The second kappa shape index (κ2) is 8.52. The maximum Gasteiger partial charge on any atom is 0.273 e. The molecule has 0 bridgehead atoms. The molecule has 11 heteroatoms. The summed E-state index contributed by atoms with van der Waals surface area (Å²) in [6, 6.07) is 16.2. The number of hydrogen-bond acceptors (Lipinski definition) is 8. The lowest BCUT2D eigenvalue weighted by Gasteiger charge is -2.10. The van der Waals surface area contributed by atoms with Crippen LogP contribution in [0, 0.1) is 20.2 Å². The third kappa shape index (κ3) is 4.36. The van der Waals surface area contributed by atoms with E-state index in [0.717, 1.165) is 0 Å². The van der Waals surface area contributed by atoms with Gasteiger partial charge in [0, 0.05) is 18.2 Å². The highest BCUT2D eigenvalue weighted by molar-refractivity contribution is 5.96. The molecule has 32 heavy (non-hydrogen) atoms. The Kier molecular flexibility index (Phi) is 5.45. The van der Waals surface area contributed by atoms with Crippen LogP contribution >= 0.6 is 0 Å². The zero-order chi connectivity index (χ0) is 22.7. The van der Waals surface area contributed by atoms with E-state index in [4.69, 9.17) is 9.15 Å². The summed E-state index contributed by atoms with van der Waals surface area (Å²) in [5.74, 6) is 0.0230. The van der Waals surface area contributed by atoms with Crippen LogP contribution in [0.2, 0.25) is 0 Å². The van der Waals surface area contributed by atoms with Crippen molar-refractivity contribution in [3.8, 4) is 17.2 Å². The highest BCUT2D eigenvalue weighted by Crippen LogP contribution is 2.31. The van der Waals surface area contributed by atoms with E-state index >= 15 is 0 Å². The molecule has 0 aliphatic rings. The minimum Gasteiger partial charge on any atom is -0.484 e. The normalized spacial score (nSPS) is 10.6. The van der Waals surface area contributed by atoms with Gasteiger partial charge in [0.25, 0.3) is 17.3 Å². The van der Waals surface area contributed by atoms with E-state index in [1.807, 2.05) is 0 Å². The number of anilines is 1. The molecule has 0 radical (unpaired) electrons. The number of carbonyl (C=O) groups is 1. The number of rotatable bonds is 7. The lowest BCUT2D eigenvalue weighted by Crippen LogP contribution is -2.20. The van der Waals surface area contributed by atoms with Crippen LogP contribution in [0.3, 0.4) is 0 Å². The Hall–Kier alpha value is -4.80. The molecule has 0 atom stereocenters.